The third kappa shape index (κ3) is 3.08. The van der Waals surface area contributed by atoms with Crippen LogP contribution in [0.5, 0.6) is 0 Å². The Morgan fingerprint density at radius 3 is 2.50 bits per heavy atom. The van der Waals surface area contributed by atoms with Crippen LogP contribution in [0.3, 0.4) is 0 Å². The molecule has 2 nitrogen and oxygen atoms in total. The Morgan fingerprint density at radius 2 is 1.95 bits per heavy atom. The first kappa shape index (κ1) is 15.1. The second kappa shape index (κ2) is 6.47. The van der Waals surface area contributed by atoms with Gasteiger partial charge in [0.2, 0.25) is 0 Å². The standard InChI is InChI=1S/C17H27FN2/c1-3-5-9-17(4-2)10-12-20(13-11-17)16-14(18)7-6-8-15(16)19/h6-8H,3-5,9-13,19H2,1-2H3. The molecule has 0 atom stereocenters. The van der Waals surface area contributed by atoms with Gasteiger partial charge < -0.3 is 10.6 Å². The SMILES string of the molecule is CCCCC1(CC)CCN(c2c(N)cccc2F)CC1. The minimum Gasteiger partial charge on any atom is -0.397 e. The van der Waals surface area contributed by atoms with Crippen molar-refractivity contribution >= 4 is 11.4 Å². The monoisotopic (exact) mass is 278 g/mol. The minimum absolute atomic E-state index is 0.192. The molecule has 0 unspecified atom stereocenters. The summed E-state index contributed by atoms with van der Waals surface area (Å²) in [4.78, 5) is 2.13. The maximum atomic E-state index is 14.0. The maximum absolute atomic E-state index is 14.0. The normalized spacial score (nSPS) is 18.2. The molecule has 0 amide bonds. The molecular weight excluding hydrogens is 251 g/mol. The van der Waals surface area contributed by atoms with E-state index in [4.69, 9.17) is 5.73 Å². The fourth-order valence-corrected chi connectivity index (χ4v) is 3.40. The number of benzene rings is 1. The Labute approximate surface area is 122 Å². The molecule has 2 N–H and O–H groups in total. The molecule has 1 heterocycles. The van der Waals surface area contributed by atoms with E-state index in [9.17, 15) is 4.39 Å². The van der Waals surface area contributed by atoms with Crippen LogP contribution in [0.1, 0.15) is 52.4 Å². The number of anilines is 2. The van der Waals surface area contributed by atoms with Crippen molar-refractivity contribution in [1.29, 1.82) is 0 Å². The van der Waals surface area contributed by atoms with Crippen LogP contribution >= 0.6 is 0 Å². The quantitative estimate of drug-likeness (QED) is 0.798. The molecule has 1 aromatic rings. The number of nitrogens with zero attached hydrogens (tertiary/aromatic N) is 1. The largest absolute Gasteiger partial charge is 0.397 e. The Hall–Kier alpha value is -1.25. The van der Waals surface area contributed by atoms with Gasteiger partial charge in [-0.3, -0.25) is 0 Å². The van der Waals surface area contributed by atoms with Crippen molar-refractivity contribution in [1.82, 2.24) is 0 Å². The fourth-order valence-electron chi connectivity index (χ4n) is 3.40. The van der Waals surface area contributed by atoms with Gasteiger partial charge in [-0.2, -0.15) is 0 Å². The van der Waals surface area contributed by atoms with Gasteiger partial charge in [-0.1, -0.05) is 39.2 Å². The van der Waals surface area contributed by atoms with E-state index in [1.807, 2.05) is 0 Å². The Balaban J connectivity index is 2.07. The first-order valence-corrected chi connectivity index (χ1v) is 7.91. The minimum atomic E-state index is -0.192. The van der Waals surface area contributed by atoms with Gasteiger partial charge in [-0.15, -0.1) is 0 Å². The second-order valence-corrected chi connectivity index (χ2v) is 6.12. The van der Waals surface area contributed by atoms with Crippen LogP contribution in [-0.4, -0.2) is 13.1 Å². The van der Waals surface area contributed by atoms with Gasteiger partial charge in [0.1, 0.15) is 5.82 Å². The van der Waals surface area contributed by atoms with Crippen molar-refractivity contribution < 1.29 is 4.39 Å². The summed E-state index contributed by atoms with van der Waals surface area (Å²) in [6.07, 6.45) is 7.39. The van der Waals surface area contributed by atoms with E-state index >= 15 is 0 Å². The highest BCUT2D eigenvalue weighted by Gasteiger charge is 2.33. The number of hydrogen-bond donors (Lipinski definition) is 1. The third-order valence-electron chi connectivity index (χ3n) is 4.97. The fraction of sp³-hybridized carbons (Fsp3) is 0.647. The molecule has 3 heteroatoms. The molecule has 1 aliphatic rings. The van der Waals surface area contributed by atoms with Crippen LogP contribution in [0.2, 0.25) is 0 Å². The molecule has 0 spiro atoms. The molecule has 0 saturated carbocycles. The zero-order chi connectivity index (χ0) is 14.6. The van der Waals surface area contributed by atoms with Crippen molar-refractivity contribution in [3.63, 3.8) is 0 Å². The lowest BCUT2D eigenvalue weighted by Crippen LogP contribution is -2.40. The van der Waals surface area contributed by atoms with E-state index in [-0.39, 0.29) is 5.82 Å². The van der Waals surface area contributed by atoms with E-state index in [0.29, 0.717) is 16.8 Å². The summed E-state index contributed by atoms with van der Waals surface area (Å²) in [6.45, 7) is 6.38. The number of unbranched alkanes of at least 4 members (excludes halogenated alkanes) is 1. The molecule has 0 radical (unpaired) electrons. The highest BCUT2D eigenvalue weighted by Crippen LogP contribution is 2.41. The number of halogens is 1. The summed E-state index contributed by atoms with van der Waals surface area (Å²) < 4.78 is 14.0. The van der Waals surface area contributed by atoms with Crippen molar-refractivity contribution in [3.8, 4) is 0 Å². The van der Waals surface area contributed by atoms with Crippen LogP contribution in [-0.2, 0) is 0 Å². The van der Waals surface area contributed by atoms with E-state index in [2.05, 4.69) is 18.7 Å². The molecule has 2 rings (SSSR count). The zero-order valence-electron chi connectivity index (χ0n) is 12.8. The number of hydrogen-bond acceptors (Lipinski definition) is 2. The molecule has 0 aliphatic carbocycles. The number of rotatable bonds is 5. The first-order chi connectivity index (χ1) is 9.62. The van der Waals surface area contributed by atoms with Crippen molar-refractivity contribution in [2.75, 3.05) is 23.7 Å². The number of para-hydroxylation sites is 1. The molecule has 1 aromatic carbocycles. The van der Waals surface area contributed by atoms with E-state index in [1.165, 1.54) is 31.7 Å². The molecule has 1 aliphatic heterocycles. The lowest BCUT2D eigenvalue weighted by molar-refractivity contribution is 0.185. The maximum Gasteiger partial charge on any atom is 0.148 e. The summed E-state index contributed by atoms with van der Waals surface area (Å²) >= 11 is 0. The van der Waals surface area contributed by atoms with Crippen molar-refractivity contribution in [3.05, 3.63) is 24.0 Å². The average Bonchev–Trinajstić information content (AvgIpc) is 2.46. The topological polar surface area (TPSA) is 29.3 Å². The van der Waals surface area contributed by atoms with E-state index in [1.54, 1.807) is 12.1 Å². The van der Waals surface area contributed by atoms with Crippen LogP contribution in [0.4, 0.5) is 15.8 Å². The number of piperidine rings is 1. The van der Waals surface area contributed by atoms with Crippen LogP contribution in [0, 0.1) is 11.2 Å². The first-order valence-electron chi connectivity index (χ1n) is 7.91. The molecule has 0 aromatic heterocycles. The van der Waals surface area contributed by atoms with Gasteiger partial charge in [0.05, 0.1) is 11.4 Å². The predicted octanol–water partition coefficient (Wildman–Crippen LogP) is 4.59. The van der Waals surface area contributed by atoms with Crippen LogP contribution in [0.15, 0.2) is 18.2 Å². The Morgan fingerprint density at radius 1 is 1.25 bits per heavy atom. The van der Waals surface area contributed by atoms with Gasteiger partial charge >= 0.3 is 0 Å². The van der Waals surface area contributed by atoms with Crippen LogP contribution in [0.25, 0.3) is 0 Å². The number of nitrogen functional groups attached to an aromatic ring is 1. The van der Waals surface area contributed by atoms with Gasteiger partial charge in [-0.25, -0.2) is 4.39 Å². The predicted molar refractivity (Wildman–Crippen MR) is 84.5 cm³/mol. The molecule has 112 valence electrons. The van der Waals surface area contributed by atoms with Gasteiger partial charge in [0.15, 0.2) is 0 Å². The Kier molecular flexibility index (Phi) is 4.90. The Bertz CT molecular complexity index is 416. The summed E-state index contributed by atoms with van der Waals surface area (Å²) in [5.41, 5.74) is 7.58. The number of nitrogens with two attached hydrogens (primary N) is 1. The van der Waals surface area contributed by atoms with Crippen molar-refractivity contribution in [2.24, 2.45) is 5.41 Å². The highest BCUT2D eigenvalue weighted by atomic mass is 19.1. The van der Waals surface area contributed by atoms with Gasteiger partial charge in [0.25, 0.3) is 0 Å². The molecule has 20 heavy (non-hydrogen) atoms. The second-order valence-electron chi connectivity index (χ2n) is 6.12. The van der Waals surface area contributed by atoms with E-state index in [0.717, 1.165) is 25.9 Å². The molecular formula is C17H27FN2. The van der Waals surface area contributed by atoms with Gasteiger partial charge in [0, 0.05) is 13.1 Å². The lowest BCUT2D eigenvalue weighted by Gasteiger charge is -2.43. The lowest BCUT2D eigenvalue weighted by atomic mass is 9.72. The van der Waals surface area contributed by atoms with Gasteiger partial charge in [-0.05, 0) is 36.8 Å². The molecule has 1 saturated heterocycles. The summed E-state index contributed by atoms with van der Waals surface area (Å²) in [5, 5.41) is 0. The summed E-state index contributed by atoms with van der Waals surface area (Å²) in [7, 11) is 0. The average molecular weight is 278 g/mol. The third-order valence-corrected chi connectivity index (χ3v) is 4.97. The highest BCUT2D eigenvalue weighted by molar-refractivity contribution is 5.68. The summed E-state index contributed by atoms with van der Waals surface area (Å²) in [5.74, 6) is -0.192. The summed E-state index contributed by atoms with van der Waals surface area (Å²) in [6, 6.07) is 4.97. The molecule has 1 fully saturated rings. The molecule has 0 bridgehead atoms. The smallest absolute Gasteiger partial charge is 0.148 e. The van der Waals surface area contributed by atoms with Crippen LogP contribution < -0.4 is 10.6 Å². The van der Waals surface area contributed by atoms with E-state index < -0.39 is 0 Å². The van der Waals surface area contributed by atoms with Crippen molar-refractivity contribution in [2.45, 2.75) is 52.4 Å². The zero-order valence-corrected chi connectivity index (χ0v) is 12.8.